The van der Waals surface area contributed by atoms with E-state index in [0.29, 0.717) is 37.7 Å². The summed E-state index contributed by atoms with van der Waals surface area (Å²) in [6, 6.07) is 6.84. The van der Waals surface area contributed by atoms with Gasteiger partial charge in [0.25, 0.3) is 17.5 Å². The van der Waals surface area contributed by atoms with Crippen LogP contribution in [0.4, 0.5) is 26.0 Å². The Labute approximate surface area is 164 Å². The molecule has 1 aliphatic heterocycles. The number of carbonyl (C=O) groups is 1. The number of nitro benzene ring substituents is 1. The van der Waals surface area contributed by atoms with Crippen LogP contribution in [0.1, 0.15) is 22.8 Å². The molecule has 1 aliphatic rings. The fourth-order valence-corrected chi connectivity index (χ4v) is 3.15. The lowest BCUT2D eigenvalue weighted by atomic mass is 10.1. The lowest BCUT2D eigenvalue weighted by Gasteiger charge is -2.36. The van der Waals surface area contributed by atoms with E-state index >= 15 is 0 Å². The summed E-state index contributed by atoms with van der Waals surface area (Å²) in [6.45, 7) is 2.68. The number of carbonyl (C=O) groups excluding carboxylic acids is 1. The molecule has 2 heterocycles. The van der Waals surface area contributed by atoms with E-state index in [4.69, 9.17) is 5.21 Å². The van der Waals surface area contributed by atoms with Gasteiger partial charge >= 0.3 is 0 Å². The van der Waals surface area contributed by atoms with Crippen molar-refractivity contribution in [1.29, 1.82) is 0 Å². The van der Waals surface area contributed by atoms with Crippen LogP contribution in [-0.4, -0.2) is 47.2 Å². The van der Waals surface area contributed by atoms with Crippen molar-refractivity contribution >= 4 is 23.1 Å². The standard InChI is InChI=1S/C18H19F2N5O4/c1-18(19,20)13-3-5-16(21-11-13)24-8-6-23(7-9-24)14-4-2-12(17(26)22-27)10-15(14)25(28)29/h2-5,10-11,27H,6-9H2,1H3,(H,22,26). The van der Waals surface area contributed by atoms with Gasteiger partial charge in [0.1, 0.15) is 11.5 Å². The van der Waals surface area contributed by atoms with Gasteiger partial charge in [-0.25, -0.2) is 19.2 Å². The number of rotatable bonds is 5. The summed E-state index contributed by atoms with van der Waals surface area (Å²) in [4.78, 5) is 30.2. The molecule has 9 nitrogen and oxygen atoms in total. The van der Waals surface area contributed by atoms with Crippen LogP contribution in [0.3, 0.4) is 0 Å². The van der Waals surface area contributed by atoms with Gasteiger partial charge in [0, 0.05) is 56.5 Å². The summed E-state index contributed by atoms with van der Waals surface area (Å²) < 4.78 is 26.6. The molecule has 0 aliphatic carbocycles. The molecule has 1 saturated heterocycles. The fourth-order valence-electron chi connectivity index (χ4n) is 3.15. The Hall–Kier alpha value is -3.34. The topological polar surface area (TPSA) is 112 Å². The molecule has 0 bridgehead atoms. The Morgan fingerprint density at radius 3 is 2.38 bits per heavy atom. The molecule has 2 N–H and O–H groups in total. The first-order valence-electron chi connectivity index (χ1n) is 8.78. The minimum Gasteiger partial charge on any atom is -0.362 e. The smallest absolute Gasteiger partial charge is 0.293 e. The summed E-state index contributed by atoms with van der Waals surface area (Å²) in [5.74, 6) is -3.24. The van der Waals surface area contributed by atoms with Crippen molar-refractivity contribution in [1.82, 2.24) is 10.5 Å². The molecule has 1 amide bonds. The molecule has 3 rings (SSSR count). The van der Waals surface area contributed by atoms with E-state index in [0.717, 1.165) is 19.2 Å². The largest absolute Gasteiger partial charge is 0.362 e. The maximum Gasteiger partial charge on any atom is 0.293 e. The number of nitrogens with one attached hydrogen (secondary N) is 1. The van der Waals surface area contributed by atoms with Crippen LogP contribution in [0.5, 0.6) is 0 Å². The van der Waals surface area contributed by atoms with Crippen LogP contribution in [0, 0.1) is 10.1 Å². The second-order valence-corrected chi connectivity index (χ2v) is 6.67. The Kier molecular flexibility index (Phi) is 5.59. The molecule has 1 aromatic carbocycles. The second kappa shape index (κ2) is 7.95. The van der Waals surface area contributed by atoms with Crippen LogP contribution in [0.15, 0.2) is 36.5 Å². The lowest BCUT2D eigenvalue weighted by Crippen LogP contribution is -2.47. The Balaban J connectivity index is 1.73. The van der Waals surface area contributed by atoms with Crippen LogP contribution in [-0.2, 0) is 5.92 Å². The zero-order valence-electron chi connectivity index (χ0n) is 15.5. The second-order valence-electron chi connectivity index (χ2n) is 6.67. The number of aromatic nitrogens is 1. The zero-order valence-corrected chi connectivity index (χ0v) is 15.5. The molecule has 0 atom stereocenters. The van der Waals surface area contributed by atoms with E-state index in [9.17, 15) is 23.7 Å². The van der Waals surface area contributed by atoms with Gasteiger partial charge in [-0.15, -0.1) is 0 Å². The molecule has 11 heteroatoms. The summed E-state index contributed by atoms with van der Waals surface area (Å²) in [6.07, 6.45) is 1.15. The van der Waals surface area contributed by atoms with Crippen molar-refractivity contribution in [3.05, 3.63) is 57.8 Å². The van der Waals surface area contributed by atoms with Crippen molar-refractivity contribution in [3.8, 4) is 0 Å². The van der Waals surface area contributed by atoms with Crippen molar-refractivity contribution in [3.63, 3.8) is 0 Å². The van der Waals surface area contributed by atoms with Crippen molar-refractivity contribution in [2.75, 3.05) is 36.0 Å². The predicted molar refractivity (Wildman–Crippen MR) is 101 cm³/mol. The van der Waals surface area contributed by atoms with E-state index in [1.807, 2.05) is 9.80 Å². The highest BCUT2D eigenvalue weighted by Crippen LogP contribution is 2.31. The van der Waals surface area contributed by atoms with E-state index in [1.165, 1.54) is 29.7 Å². The van der Waals surface area contributed by atoms with Crippen LogP contribution in [0.25, 0.3) is 0 Å². The fraction of sp³-hybridized carbons (Fsp3) is 0.333. The number of piperazine rings is 1. The molecule has 1 fully saturated rings. The third-order valence-corrected chi connectivity index (χ3v) is 4.73. The van der Waals surface area contributed by atoms with Gasteiger partial charge in [0.2, 0.25) is 0 Å². The van der Waals surface area contributed by atoms with Gasteiger partial charge < -0.3 is 9.80 Å². The van der Waals surface area contributed by atoms with Crippen LogP contribution >= 0.6 is 0 Å². The molecular weight excluding hydrogens is 388 g/mol. The molecule has 29 heavy (non-hydrogen) atoms. The average molecular weight is 407 g/mol. The van der Waals surface area contributed by atoms with Gasteiger partial charge in [0.15, 0.2) is 0 Å². The number of hydrogen-bond donors (Lipinski definition) is 2. The minimum atomic E-state index is -2.96. The lowest BCUT2D eigenvalue weighted by molar-refractivity contribution is -0.384. The number of alkyl halides is 2. The third kappa shape index (κ3) is 4.40. The first-order valence-corrected chi connectivity index (χ1v) is 8.78. The summed E-state index contributed by atoms with van der Waals surface area (Å²) in [5.41, 5.74) is 1.37. The molecule has 0 saturated carbocycles. The molecule has 0 spiro atoms. The van der Waals surface area contributed by atoms with E-state index in [1.54, 1.807) is 0 Å². The molecular formula is C18H19F2N5O4. The van der Waals surface area contributed by atoms with Crippen molar-refractivity contribution in [2.24, 2.45) is 0 Å². The number of hydroxylamine groups is 1. The SMILES string of the molecule is CC(F)(F)c1ccc(N2CCN(c3ccc(C(=O)NO)cc3[N+](=O)[O-])CC2)nc1. The number of nitro groups is 1. The number of nitrogens with zero attached hydrogens (tertiary/aromatic N) is 4. The highest BCUT2D eigenvalue weighted by molar-refractivity contribution is 5.95. The summed E-state index contributed by atoms with van der Waals surface area (Å²) >= 11 is 0. The number of halogens is 2. The number of anilines is 2. The molecule has 0 unspecified atom stereocenters. The van der Waals surface area contributed by atoms with Gasteiger partial charge in [-0.1, -0.05) is 0 Å². The highest BCUT2D eigenvalue weighted by atomic mass is 19.3. The molecule has 154 valence electrons. The average Bonchev–Trinajstić information content (AvgIpc) is 2.72. The maximum absolute atomic E-state index is 13.3. The van der Waals surface area contributed by atoms with Crippen molar-refractivity contribution in [2.45, 2.75) is 12.8 Å². The van der Waals surface area contributed by atoms with Gasteiger partial charge in [-0.05, 0) is 24.3 Å². The Bertz CT molecular complexity index is 909. The first kappa shape index (κ1) is 20.4. The van der Waals surface area contributed by atoms with Crippen LogP contribution < -0.4 is 15.3 Å². The third-order valence-electron chi connectivity index (χ3n) is 4.73. The van der Waals surface area contributed by atoms with Crippen molar-refractivity contribution < 1.29 is 23.7 Å². The highest BCUT2D eigenvalue weighted by Gasteiger charge is 2.27. The minimum absolute atomic E-state index is 0.0291. The molecule has 2 aromatic rings. The van der Waals surface area contributed by atoms with E-state index in [2.05, 4.69) is 4.98 Å². The number of hydrogen-bond acceptors (Lipinski definition) is 7. The zero-order chi connectivity index (χ0) is 21.2. The normalized spacial score (nSPS) is 14.6. The Morgan fingerprint density at radius 2 is 1.86 bits per heavy atom. The van der Waals surface area contributed by atoms with Gasteiger partial charge in [0.05, 0.1) is 4.92 Å². The number of benzene rings is 1. The maximum atomic E-state index is 13.3. The monoisotopic (exact) mass is 407 g/mol. The van der Waals surface area contributed by atoms with E-state index in [-0.39, 0.29) is 16.8 Å². The summed E-state index contributed by atoms with van der Waals surface area (Å²) in [5, 5.41) is 20.1. The molecule has 0 radical (unpaired) electrons. The molecule has 1 aromatic heterocycles. The van der Waals surface area contributed by atoms with Gasteiger partial charge in [-0.2, -0.15) is 0 Å². The predicted octanol–water partition coefficient (Wildman–Crippen LogP) is 2.55. The number of amides is 1. The summed E-state index contributed by atoms with van der Waals surface area (Å²) in [7, 11) is 0. The first-order chi connectivity index (χ1) is 13.7. The number of pyridine rings is 1. The van der Waals surface area contributed by atoms with Crippen LogP contribution in [0.2, 0.25) is 0 Å². The Morgan fingerprint density at radius 1 is 1.21 bits per heavy atom. The van der Waals surface area contributed by atoms with Gasteiger partial charge in [-0.3, -0.25) is 20.1 Å². The quantitative estimate of drug-likeness (QED) is 0.445. The van der Waals surface area contributed by atoms with E-state index < -0.39 is 16.8 Å².